The SMILES string of the molecule is CCOC(=O)C(C)(C(=O)O)C1CCCCC1. The maximum absolute atomic E-state index is 11.8. The first-order valence-corrected chi connectivity index (χ1v) is 5.94. The number of carbonyl (C=O) groups excluding carboxylic acids is 1. The molecule has 0 aromatic carbocycles. The summed E-state index contributed by atoms with van der Waals surface area (Å²) < 4.78 is 4.90. The smallest absolute Gasteiger partial charge is 0.323 e. The van der Waals surface area contributed by atoms with Crippen molar-refractivity contribution >= 4 is 11.9 Å². The fraction of sp³-hybridized carbons (Fsp3) is 0.833. The molecule has 4 nitrogen and oxygen atoms in total. The summed E-state index contributed by atoms with van der Waals surface area (Å²) in [6, 6.07) is 0. The summed E-state index contributed by atoms with van der Waals surface area (Å²) in [5, 5.41) is 9.28. The molecule has 1 N–H and O–H groups in total. The van der Waals surface area contributed by atoms with Crippen LogP contribution in [0.3, 0.4) is 0 Å². The van der Waals surface area contributed by atoms with Gasteiger partial charge in [-0.05, 0) is 32.6 Å². The van der Waals surface area contributed by atoms with E-state index in [0.717, 1.165) is 32.1 Å². The van der Waals surface area contributed by atoms with Crippen LogP contribution in [0.4, 0.5) is 0 Å². The first-order valence-electron chi connectivity index (χ1n) is 5.94. The molecule has 0 saturated heterocycles. The van der Waals surface area contributed by atoms with Crippen LogP contribution >= 0.6 is 0 Å². The van der Waals surface area contributed by atoms with E-state index in [1.807, 2.05) is 0 Å². The molecule has 1 atom stereocenters. The van der Waals surface area contributed by atoms with Crippen LogP contribution in [-0.2, 0) is 14.3 Å². The van der Waals surface area contributed by atoms with E-state index in [9.17, 15) is 14.7 Å². The van der Waals surface area contributed by atoms with Gasteiger partial charge in [-0.25, -0.2) is 0 Å². The Morgan fingerprint density at radius 3 is 2.31 bits per heavy atom. The van der Waals surface area contributed by atoms with Gasteiger partial charge >= 0.3 is 11.9 Å². The maximum Gasteiger partial charge on any atom is 0.323 e. The van der Waals surface area contributed by atoms with E-state index >= 15 is 0 Å². The van der Waals surface area contributed by atoms with Crippen molar-refractivity contribution in [3.05, 3.63) is 0 Å². The van der Waals surface area contributed by atoms with Gasteiger partial charge in [-0.1, -0.05) is 19.3 Å². The summed E-state index contributed by atoms with van der Waals surface area (Å²) in [4.78, 5) is 23.1. The maximum atomic E-state index is 11.8. The van der Waals surface area contributed by atoms with E-state index in [2.05, 4.69) is 0 Å². The van der Waals surface area contributed by atoms with Crippen LogP contribution in [-0.4, -0.2) is 23.7 Å². The highest BCUT2D eigenvalue weighted by atomic mass is 16.5. The fourth-order valence-electron chi connectivity index (χ4n) is 2.39. The van der Waals surface area contributed by atoms with Gasteiger partial charge in [0.15, 0.2) is 5.41 Å². The molecule has 1 aliphatic rings. The van der Waals surface area contributed by atoms with E-state index in [4.69, 9.17) is 4.74 Å². The number of carboxylic acids is 1. The Kier molecular flexibility index (Phi) is 4.33. The molecule has 1 aliphatic carbocycles. The van der Waals surface area contributed by atoms with Crippen molar-refractivity contribution in [1.29, 1.82) is 0 Å². The molecule has 0 heterocycles. The monoisotopic (exact) mass is 228 g/mol. The van der Waals surface area contributed by atoms with Gasteiger partial charge in [0, 0.05) is 0 Å². The van der Waals surface area contributed by atoms with Crippen molar-refractivity contribution in [2.24, 2.45) is 11.3 Å². The molecule has 4 heteroatoms. The molecular weight excluding hydrogens is 208 g/mol. The van der Waals surface area contributed by atoms with E-state index in [1.54, 1.807) is 6.92 Å². The molecular formula is C12H20O4. The van der Waals surface area contributed by atoms with Crippen molar-refractivity contribution in [2.45, 2.75) is 46.0 Å². The van der Waals surface area contributed by atoms with Gasteiger partial charge in [0.1, 0.15) is 0 Å². The minimum absolute atomic E-state index is 0.0854. The summed E-state index contributed by atoms with van der Waals surface area (Å²) >= 11 is 0. The third-order valence-corrected chi connectivity index (χ3v) is 3.57. The molecule has 16 heavy (non-hydrogen) atoms. The third kappa shape index (κ3) is 2.36. The molecule has 1 fully saturated rings. The van der Waals surface area contributed by atoms with Crippen LogP contribution in [0, 0.1) is 11.3 Å². The minimum Gasteiger partial charge on any atom is -0.480 e. The second kappa shape index (κ2) is 5.32. The fourth-order valence-corrected chi connectivity index (χ4v) is 2.39. The van der Waals surface area contributed by atoms with E-state index < -0.39 is 17.4 Å². The average Bonchev–Trinajstić information content (AvgIpc) is 2.29. The number of ether oxygens (including phenoxy) is 1. The van der Waals surface area contributed by atoms with Gasteiger partial charge in [0.2, 0.25) is 0 Å². The number of hydrogen-bond donors (Lipinski definition) is 1. The molecule has 0 radical (unpaired) electrons. The molecule has 0 aromatic heterocycles. The molecule has 1 rings (SSSR count). The number of carbonyl (C=O) groups is 2. The zero-order valence-corrected chi connectivity index (χ0v) is 9.99. The number of esters is 1. The third-order valence-electron chi connectivity index (χ3n) is 3.57. The van der Waals surface area contributed by atoms with Gasteiger partial charge in [-0.15, -0.1) is 0 Å². The lowest BCUT2D eigenvalue weighted by Gasteiger charge is -2.34. The van der Waals surface area contributed by atoms with Crippen molar-refractivity contribution in [2.75, 3.05) is 6.61 Å². The van der Waals surface area contributed by atoms with Crippen molar-refractivity contribution in [1.82, 2.24) is 0 Å². The summed E-state index contributed by atoms with van der Waals surface area (Å²) in [6.45, 7) is 3.43. The van der Waals surface area contributed by atoms with Gasteiger partial charge in [-0.2, -0.15) is 0 Å². The number of carboxylic acid groups (broad SMARTS) is 1. The van der Waals surface area contributed by atoms with E-state index in [-0.39, 0.29) is 12.5 Å². The van der Waals surface area contributed by atoms with Crippen LogP contribution in [0.25, 0.3) is 0 Å². The van der Waals surface area contributed by atoms with Gasteiger partial charge in [0.05, 0.1) is 6.61 Å². The second-order valence-corrected chi connectivity index (χ2v) is 4.56. The van der Waals surface area contributed by atoms with Crippen LogP contribution < -0.4 is 0 Å². The van der Waals surface area contributed by atoms with Gasteiger partial charge in [-0.3, -0.25) is 9.59 Å². The quantitative estimate of drug-likeness (QED) is 0.592. The number of aliphatic carboxylic acids is 1. The van der Waals surface area contributed by atoms with Crippen molar-refractivity contribution in [3.63, 3.8) is 0 Å². The molecule has 0 amide bonds. The molecule has 1 unspecified atom stereocenters. The Labute approximate surface area is 96.0 Å². The number of rotatable bonds is 4. The average molecular weight is 228 g/mol. The largest absolute Gasteiger partial charge is 0.480 e. The zero-order chi connectivity index (χ0) is 12.2. The Bertz CT molecular complexity index is 268. The van der Waals surface area contributed by atoms with E-state index in [0.29, 0.717) is 0 Å². The van der Waals surface area contributed by atoms with Crippen molar-refractivity contribution in [3.8, 4) is 0 Å². The topological polar surface area (TPSA) is 63.6 Å². The van der Waals surface area contributed by atoms with E-state index in [1.165, 1.54) is 6.92 Å². The highest BCUT2D eigenvalue weighted by molar-refractivity contribution is 5.99. The lowest BCUT2D eigenvalue weighted by Crippen LogP contribution is -2.45. The molecule has 0 aliphatic heterocycles. The zero-order valence-electron chi connectivity index (χ0n) is 9.99. The Morgan fingerprint density at radius 2 is 1.88 bits per heavy atom. The Balaban J connectivity index is 2.85. The molecule has 92 valence electrons. The second-order valence-electron chi connectivity index (χ2n) is 4.56. The lowest BCUT2D eigenvalue weighted by molar-refractivity contribution is -0.172. The van der Waals surface area contributed by atoms with Crippen LogP contribution in [0.1, 0.15) is 46.0 Å². The highest BCUT2D eigenvalue weighted by Crippen LogP contribution is 2.39. The Hall–Kier alpha value is -1.06. The van der Waals surface area contributed by atoms with Gasteiger partial charge in [0.25, 0.3) is 0 Å². The first kappa shape index (κ1) is 13.0. The number of hydrogen-bond acceptors (Lipinski definition) is 3. The summed E-state index contributed by atoms with van der Waals surface area (Å²) in [5.74, 6) is -1.73. The standard InChI is InChI=1S/C12H20O4/c1-3-16-11(15)12(2,10(13)14)9-7-5-4-6-8-9/h9H,3-8H2,1-2H3,(H,13,14). The lowest BCUT2D eigenvalue weighted by atomic mass is 9.70. The highest BCUT2D eigenvalue weighted by Gasteiger charge is 2.49. The predicted octanol–water partition coefficient (Wildman–Crippen LogP) is 2.22. The van der Waals surface area contributed by atoms with Gasteiger partial charge < -0.3 is 9.84 Å². The minimum atomic E-state index is -1.36. The molecule has 0 aromatic rings. The summed E-state index contributed by atoms with van der Waals surface area (Å²) in [7, 11) is 0. The van der Waals surface area contributed by atoms with Crippen molar-refractivity contribution < 1.29 is 19.4 Å². The Morgan fingerprint density at radius 1 is 1.31 bits per heavy atom. The summed E-state index contributed by atoms with van der Waals surface area (Å²) in [6.07, 6.45) is 4.76. The predicted molar refractivity (Wildman–Crippen MR) is 59.0 cm³/mol. The molecule has 1 saturated carbocycles. The summed E-state index contributed by atoms with van der Waals surface area (Å²) in [5.41, 5.74) is -1.36. The molecule has 0 bridgehead atoms. The molecule has 0 spiro atoms. The normalized spacial score (nSPS) is 21.1. The van der Waals surface area contributed by atoms with Crippen LogP contribution in [0.5, 0.6) is 0 Å². The first-order chi connectivity index (χ1) is 7.53. The van der Waals surface area contributed by atoms with Crippen LogP contribution in [0.2, 0.25) is 0 Å². The van der Waals surface area contributed by atoms with Crippen LogP contribution in [0.15, 0.2) is 0 Å².